The van der Waals surface area contributed by atoms with Gasteiger partial charge >= 0.3 is 0 Å². The summed E-state index contributed by atoms with van der Waals surface area (Å²) in [6.45, 7) is 2.07. The number of anilines is 1. The Morgan fingerprint density at radius 3 is 2.58 bits per heavy atom. The first kappa shape index (κ1) is 19.5. The Morgan fingerprint density at radius 1 is 0.968 bits per heavy atom. The zero-order valence-corrected chi connectivity index (χ0v) is 17.8. The van der Waals surface area contributed by atoms with E-state index < -0.39 is 0 Å². The number of nitrogens with zero attached hydrogens (tertiary/aromatic N) is 3. The summed E-state index contributed by atoms with van der Waals surface area (Å²) in [5.41, 5.74) is 4.51. The van der Waals surface area contributed by atoms with Crippen LogP contribution in [0.4, 0.5) is 10.1 Å². The van der Waals surface area contributed by atoms with Crippen molar-refractivity contribution < 1.29 is 4.39 Å². The number of hydrogen-bond acceptors (Lipinski definition) is 2. The number of thiocarbonyl (C=S) groups is 1. The molecule has 6 heteroatoms. The lowest BCUT2D eigenvalue weighted by Gasteiger charge is -2.29. The lowest BCUT2D eigenvalue weighted by Crippen LogP contribution is -2.31. The highest BCUT2D eigenvalue weighted by molar-refractivity contribution is 7.80. The van der Waals surface area contributed by atoms with Crippen molar-refractivity contribution in [1.82, 2.24) is 14.9 Å². The molecule has 1 saturated heterocycles. The maximum atomic E-state index is 14.9. The molecule has 0 bridgehead atoms. The van der Waals surface area contributed by atoms with Gasteiger partial charge in [0.25, 0.3) is 0 Å². The Kier molecular flexibility index (Phi) is 5.00. The molecule has 0 radical (unpaired) electrons. The van der Waals surface area contributed by atoms with Crippen LogP contribution in [0.5, 0.6) is 0 Å². The molecule has 1 fully saturated rings. The molecule has 2 atom stereocenters. The largest absolute Gasteiger partial charge is 0.351 e. The van der Waals surface area contributed by atoms with Gasteiger partial charge in [0.1, 0.15) is 11.9 Å². The third-order valence-corrected chi connectivity index (χ3v) is 5.89. The second-order valence-electron chi connectivity index (χ2n) is 7.59. The van der Waals surface area contributed by atoms with E-state index in [0.717, 1.165) is 17.1 Å². The van der Waals surface area contributed by atoms with Crippen molar-refractivity contribution >= 4 is 23.0 Å². The molecule has 0 amide bonds. The van der Waals surface area contributed by atoms with Gasteiger partial charge in [-0.05, 0) is 73.2 Å². The summed E-state index contributed by atoms with van der Waals surface area (Å²) in [6, 6.07) is 24.4. The molecule has 2 aromatic heterocycles. The molecular formula is C25H21FN4S. The molecule has 1 aliphatic rings. The maximum absolute atomic E-state index is 14.9. The molecule has 4 nitrogen and oxygen atoms in total. The summed E-state index contributed by atoms with van der Waals surface area (Å²) in [5, 5.41) is 3.86. The van der Waals surface area contributed by atoms with E-state index in [1.807, 2.05) is 47.5 Å². The molecule has 0 aliphatic carbocycles. The first-order chi connectivity index (χ1) is 15.1. The van der Waals surface area contributed by atoms with Crippen LogP contribution >= 0.6 is 12.2 Å². The Morgan fingerprint density at radius 2 is 1.81 bits per heavy atom. The van der Waals surface area contributed by atoms with Crippen molar-refractivity contribution in [2.45, 2.75) is 19.0 Å². The molecule has 4 aromatic rings. The average molecular weight is 429 g/mol. The second kappa shape index (κ2) is 7.96. The standard InChI is InChI=1S/C25H21FN4S/c1-17-8-6-9-18(16-17)29-15-7-13-22(29)24-23(20-11-4-5-14-27-20)28-25(31)30(24)21-12-3-2-10-19(21)26/h2-16,23-24H,1H3,(H,28,31)/t23-,24+/m1/s1. The SMILES string of the molecule is Cc1cccc(-n2cccc2[C@H]2[C@@H](c3ccccn3)NC(=S)N2c2ccccc2F)c1. The summed E-state index contributed by atoms with van der Waals surface area (Å²) in [7, 11) is 0. The van der Waals surface area contributed by atoms with Gasteiger partial charge in [0.15, 0.2) is 5.11 Å². The van der Waals surface area contributed by atoms with E-state index in [2.05, 4.69) is 46.1 Å². The Labute approximate surface area is 186 Å². The molecular weight excluding hydrogens is 407 g/mol. The fourth-order valence-corrected chi connectivity index (χ4v) is 4.55. The molecule has 0 unspecified atom stereocenters. The van der Waals surface area contributed by atoms with E-state index in [-0.39, 0.29) is 17.9 Å². The van der Waals surface area contributed by atoms with E-state index >= 15 is 0 Å². The number of rotatable bonds is 4. The van der Waals surface area contributed by atoms with Crippen LogP contribution in [0.15, 0.2) is 91.3 Å². The number of nitrogens with one attached hydrogen (secondary N) is 1. The zero-order chi connectivity index (χ0) is 21.4. The summed E-state index contributed by atoms with van der Waals surface area (Å²) >= 11 is 5.70. The average Bonchev–Trinajstić information content (AvgIpc) is 3.39. The number of pyridine rings is 1. The fraction of sp³-hybridized carbons (Fsp3) is 0.120. The number of hydrogen-bond donors (Lipinski definition) is 1. The predicted molar refractivity (Wildman–Crippen MR) is 125 cm³/mol. The number of aromatic nitrogens is 2. The molecule has 1 N–H and O–H groups in total. The minimum absolute atomic E-state index is 0.230. The van der Waals surface area contributed by atoms with Gasteiger partial charge in [-0.15, -0.1) is 0 Å². The first-order valence-corrected chi connectivity index (χ1v) is 10.5. The van der Waals surface area contributed by atoms with E-state index in [1.165, 1.54) is 11.6 Å². The molecule has 5 rings (SSSR count). The normalized spacial score (nSPS) is 18.3. The molecule has 31 heavy (non-hydrogen) atoms. The molecule has 3 heterocycles. The van der Waals surface area contributed by atoms with Gasteiger partial charge in [0, 0.05) is 23.8 Å². The molecule has 2 aromatic carbocycles. The number of aryl methyl sites for hydroxylation is 1. The van der Waals surface area contributed by atoms with Crippen LogP contribution in [0, 0.1) is 12.7 Å². The minimum atomic E-state index is -0.313. The van der Waals surface area contributed by atoms with Crippen molar-refractivity contribution in [2.75, 3.05) is 4.90 Å². The lowest BCUT2D eigenvalue weighted by molar-refractivity contribution is 0.542. The van der Waals surface area contributed by atoms with Crippen LogP contribution in [0.25, 0.3) is 5.69 Å². The van der Waals surface area contributed by atoms with E-state index in [4.69, 9.17) is 12.2 Å². The Bertz CT molecular complexity index is 1240. The van der Waals surface area contributed by atoms with Gasteiger partial charge < -0.3 is 14.8 Å². The second-order valence-corrected chi connectivity index (χ2v) is 7.98. The Hall–Kier alpha value is -3.51. The minimum Gasteiger partial charge on any atom is -0.351 e. The van der Waals surface area contributed by atoms with Crippen LogP contribution in [0.3, 0.4) is 0 Å². The van der Waals surface area contributed by atoms with Crippen LogP contribution in [-0.4, -0.2) is 14.7 Å². The van der Waals surface area contributed by atoms with Gasteiger partial charge in [0.2, 0.25) is 0 Å². The predicted octanol–water partition coefficient (Wildman–Crippen LogP) is 5.50. The van der Waals surface area contributed by atoms with Crippen LogP contribution in [-0.2, 0) is 0 Å². The van der Waals surface area contributed by atoms with E-state index in [0.29, 0.717) is 10.8 Å². The van der Waals surface area contributed by atoms with Crippen LogP contribution in [0.2, 0.25) is 0 Å². The van der Waals surface area contributed by atoms with E-state index in [9.17, 15) is 4.39 Å². The van der Waals surface area contributed by atoms with Gasteiger partial charge in [-0.2, -0.15) is 0 Å². The topological polar surface area (TPSA) is 33.1 Å². The summed E-state index contributed by atoms with van der Waals surface area (Å²) in [5.74, 6) is -0.313. The van der Waals surface area contributed by atoms with Crippen molar-refractivity contribution in [3.8, 4) is 5.69 Å². The van der Waals surface area contributed by atoms with Gasteiger partial charge in [0.05, 0.1) is 17.4 Å². The number of benzene rings is 2. The van der Waals surface area contributed by atoms with Gasteiger partial charge in [-0.25, -0.2) is 4.39 Å². The molecule has 0 saturated carbocycles. The monoisotopic (exact) mass is 428 g/mol. The van der Waals surface area contributed by atoms with Gasteiger partial charge in [-0.3, -0.25) is 4.98 Å². The zero-order valence-electron chi connectivity index (χ0n) is 16.9. The number of para-hydroxylation sites is 1. The summed E-state index contributed by atoms with van der Waals surface area (Å²) in [4.78, 5) is 6.44. The highest BCUT2D eigenvalue weighted by atomic mass is 32.1. The highest BCUT2D eigenvalue weighted by Gasteiger charge is 2.42. The van der Waals surface area contributed by atoms with Crippen molar-refractivity contribution in [1.29, 1.82) is 0 Å². The summed E-state index contributed by atoms with van der Waals surface area (Å²) < 4.78 is 17.0. The Balaban J connectivity index is 1.69. The molecule has 154 valence electrons. The fourth-order valence-electron chi connectivity index (χ4n) is 4.21. The third kappa shape index (κ3) is 3.49. The third-order valence-electron chi connectivity index (χ3n) is 5.57. The van der Waals surface area contributed by atoms with Crippen molar-refractivity contribution in [3.05, 3.63) is 114 Å². The molecule has 0 spiro atoms. The van der Waals surface area contributed by atoms with Crippen LogP contribution < -0.4 is 10.2 Å². The van der Waals surface area contributed by atoms with Crippen molar-refractivity contribution in [2.24, 2.45) is 0 Å². The van der Waals surface area contributed by atoms with E-state index in [1.54, 1.807) is 18.3 Å². The summed E-state index contributed by atoms with van der Waals surface area (Å²) in [6.07, 6.45) is 3.79. The smallest absolute Gasteiger partial charge is 0.174 e. The highest BCUT2D eigenvalue weighted by Crippen LogP contribution is 2.42. The van der Waals surface area contributed by atoms with Crippen LogP contribution in [0.1, 0.15) is 29.0 Å². The lowest BCUT2D eigenvalue weighted by atomic mass is 10.0. The first-order valence-electron chi connectivity index (χ1n) is 10.1. The molecule has 1 aliphatic heterocycles. The maximum Gasteiger partial charge on any atom is 0.174 e. The quantitative estimate of drug-likeness (QED) is 0.435. The van der Waals surface area contributed by atoms with Gasteiger partial charge in [-0.1, -0.05) is 30.3 Å². The number of halogens is 1. The van der Waals surface area contributed by atoms with Crippen molar-refractivity contribution in [3.63, 3.8) is 0 Å².